The summed E-state index contributed by atoms with van der Waals surface area (Å²) in [5.74, 6) is -0.475. The molecule has 2 rings (SSSR count). The molecule has 0 saturated carbocycles. The number of carbonyl (C=O) groups excluding carboxylic acids is 2. The summed E-state index contributed by atoms with van der Waals surface area (Å²) in [4.78, 5) is 24.0. The fourth-order valence-corrected chi connectivity index (χ4v) is 3.25. The van der Waals surface area contributed by atoms with E-state index < -0.39 is 18.1 Å². The number of amides is 1. The van der Waals surface area contributed by atoms with Crippen molar-refractivity contribution >= 4 is 39.3 Å². The maximum atomic E-state index is 12.1. The molecule has 1 N–H and O–H groups in total. The summed E-state index contributed by atoms with van der Waals surface area (Å²) in [6, 6.07) is 10.5. The van der Waals surface area contributed by atoms with Gasteiger partial charge < -0.3 is 14.8 Å². The van der Waals surface area contributed by atoms with E-state index in [1.807, 2.05) is 41.8 Å². The van der Waals surface area contributed by atoms with Gasteiger partial charge in [-0.05, 0) is 45.4 Å². The van der Waals surface area contributed by atoms with Gasteiger partial charge >= 0.3 is 12.1 Å². The first kappa shape index (κ1) is 18.5. The molecule has 0 bridgehead atoms. The number of halogens is 1. The molecule has 1 unspecified atom stereocenters. The standard InChI is InChI=1S/C17H18BrNO4S/c1-2-22-16(20)14(8-13-9-15(18)24-11-13)19-17(21)23-10-12-6-4-3-5-7-12/h3-7,9,11,14H,2,8,10H2,1H3,(H,19,21). The van der Waals surface area contributed by atoms with Crippen LogP contribution in [0.3, 0.4) is 0 Å². The average Bonchev–Trinajstić information content (AvgIpc) is 2.98. The molecule has 0 saturated heterocycles. The summed E-state index contributed by atoms with van der Waals surface area (Å²) in [6.07, 6.45) is -0.298. The Hall–Kier alpha value is -1.86. The zero-order valence-corrected chi connectivity index (χ0v) is 15.6. The number of carbonyl (C=O) groups is 2. The van der Waals surface area contributed by atoms with Crippen molar-refractivity contribution in [3.63, 3.8) is 0 Å². The van der Waals surface area contributed by atoms with E-state index in [0.717, 1.165) is 14.9 Å². The second-order valence-corrected chi connectivity index (χ2v) is 7.26. The van der Waals surface area contributed by atoms with Crippen LogP contribution in [0.4, 0.5) is 4.79 Å². The predicted octanol–water partition coefficient (Wildman–Crippen LogP) is 3.91. The number of benzene rings is 1. The Morgan fingerprint density at radius 2 is 1.96 bits per heavy atom. The Labute approximate surface area is 153 Å². The molecule has 0 aliphatic heterocycles. The van der Waals surface area contributed by atoms with Gasteiger partial charge in [-0.25, -0.2) is 9.59 Å². The van der Waals surface area contributed by atoms with Gasteiger partial charge in [-0.15, -0.1) is 11.3 Å². The zero-order valence-electron chi connectivity index (χ0n) is 13.2. The highest BCUT2D eigenvalue weighted by Gasteiger charge is 2.23. The first-order chi connectivity index (χ1) is 11.6. The third-order valence-electron chi connectivity index (χ3n) is 3.14. The lowest BCUT2D eigenvalue weighted by molar-refractivity contribution is -0.145. The highest BCUT2D eigenvalue weighted by atomic mass is 79.9. The molecule has 1 heterocycles. The van der Waals surface area contributed by atoms with E-state index in [4.69, 9.17) is 9.47 Å². The molecule has 1 atom stereocenters. The van der Waals surface area contributed by atoms with Gasteiger partial charge in [-0.3, -0.25) is 0 Å². The van der Waals surface area contributed by atoms with Crippen LogP contribution < -0.4 is 5.32 Å². The molecule has 2 aromatic rings. The number of alkyl carbamates (subject to hydrolysis) is 1. The fraction of sp³-hybridized carbons (Fsp3) is 0.294. The molecule has 1 aromatic heterocycles. The van der Waals surface area contributed by atoms with Crippen molar-refractivity contribution in [2.75, 3.05) is 6.61 Å². The lowest BCUT2D eigenvalue weighted by Gasteiger charge is -2.16. The van der Waals surface area contributed by atoms with E-state index in [0.29, 0.717) is 6.42 Å². The van der Waals surface area contributed by atoms with Crippen molar-refractivity contribution in [3.05, 3.63) is 56.7 Å². The monoisotopic (exact) mass is 411 g/mol. The van der Waals surface area contributed by atoms with E-state index >= 15 is 0 Å². The van der Waals surface area contributed by atoms with E-state index in [1.165, 1.54) is 11.3 Å². The van der Waals surface area contributed by atoms with Crippen LogP contribution in [0.1, 0.15) is 18.1 Å². The van der Waals surface area contributed by atoms with E-state index in [9.17, 15) is 9.59 Å². The van der Waals surface area contributed by atoms with Crippen LogP contribution in [-0.4, -0.2) is 24.7 Å². The van der Waals surface area contributed by atoms with Gasteiger partial charge in [0.05, 0.1) is 10.4 Å². The van der Waals surface area contributed by atoms with Gasteiger partial charge in [0.2, 0.25) is 0 Å². The van der Waals surface area contributed by atoms with Gasteiger partial charge in [0.1, 0.15) is 12.6 Å². The second-order valence-electron chi connectivity index (χ2n) is 4.97. The van der Waals surface area contributed by atoms with Gasteiger partial charge in [0.15, 0.2) is 0 Å². The van der Waals surface area contributed by atoms with Crippen LogP contribution in [0.5, 0.6) is 0 Å². The third kappa shape index (κ3) is 5.98. The van der Waals surface area contributed by atoms with Crippen molar-refractivity contribution in [1.82, 2.24) is 5.32 Å². The smallest absolute Gasteiger partial charge is 0.408 e. The summed E-state index contributed by atoms with van der Waals surface area (Å²) in [7, 11) is 0. The molecule has 0 spiro atoms. The largest absolute Gasteiger partial charge is 0.464 e. The molecule has 0 aliphatic carbocycles. The number of rotatable bonds is 7. The lowest BCUT2D eigenvalue weighted by Crippen LogP contribution is -2.43. The molecule has 7 heteroatoms. The number of ether oxygens (including phenoxy) is 2. The summed E-state index contributed by atoms with van der Waals surface area (Å²) >= 11 is 4.90. The number of thiophene rings is 1. The van der Waals surface area contributed by atoms with Crippen molar-refractivity contribution in [1.29, 1.82) is 0 Å². The zero-order chi connectivity index (χ0) is 17.4. The summed E-state index contributed by atoms with van der Waals surface area (Å²) in [6.45, 7) is 2.12. The number of esters is 1. The minimum Gasteiger partial charge on any atom is -0.464 e. The van der Waals surface area contributed by atoms with Gasteiger partial charge in [-0.2, -0.15) is 0 Å². The minimum atomic E-state index is -0.783. The number of hydrogen-bond donors (Lipinski definition) is 1. The first-order valence-corrected chi connectivity index (χ1v) is 9.12. The number of nitrogens with one attached hydrogen (secondary N) is 1. The second kappa shape index (κ2) is 9.44. The summed E-state index contributed by atoms with van der Waals surface area (Å²) in [5.41, 5.74) is 1.82. The van der Waals surface area contributed by atoms with Crippen molar-refractivity contribution in [2.45, 2.75) is 26.0 Å². The summed E-state index contributed by atoms with van der Waals surface area (Å²) < 4.78 is 11.2. The lowest BCUT2D eigenvalue weighted by atomic mass is 10.1. The van der Waals surface area contributed by atoms with Gasteiger partial charge in [-0.1, -0.05) is 30.3 Å². The van der Waals surface area contributed by atoms with Gasteiger partial charge in [0.25, 0.3) is 0 Å². The van der Waals surface area contributed by atoms with Crippen molar-refractivity contribution in [3.8, 4) is 0 Å². The maximum absolute atomic E-state index is 12.1. The molecule has 1 amide bonds. The molecular weight excluding hydrogens is 394 g/mol. The van der Waals surface area contributed by atoms with Crippen molar-refractivity contribution in [2.24, 2.45) is 0 Å². The Balaban J connectivity index is 1.93. The SMILES string of the molecule is CCOC(=O)C(Cc1csc(Br)c1)NC(=O)OCc1ccccc1. The topological polar surface area (TPSA) is 64.6 Å². The molecule has 1 aromatic carbocycles. The minimum absolute atomic E-state index is 0.145. The van der Waals surface area contributed by atoms with Crippen molar-refractivity contribution < 1.29 is 19.1 Å². The van der Waals surface area contributed by atoms with E-state index in [2.05, 4.69) is 21.2 Å². The summed E-state index contributed by atoms with van der Waals surface area (Å²) in [5, 5.41) is 4.51. The van der Waals surface area contributed by atoms with Crippen LogP contribution >= 0.6 is 27.3 Å². The first-order valence-electron chi connectivity index (χ1n) is 7.45. The van der Waals surface area contributed by atoms with Gasteiger partial charge in [0, 0.05) is 6.42 Å². The Kier molecular flexibility index (Phi) is 7.27. The van der Waals surface area contributed by atoms with Crippen LogP contribution in [0.25, 0.3) is 0 Å². The molecule has 0 radical (unpaired) electrons. The van der Waals surface area contributed by atoms with Crippen LogP contribution in [-0.2, 0) is 27.3 Å². The molecular formula is C17H18BrNO4S. The quantitative estimate of drug-likeness (QED) is 0.701. The highest BCUT2D eigenvalue weighted by Crippen LogP contribution is 2.21. The van der Waals surface area contributed by atoms with Crippen LogP contribution in [0, 0.1) is 0 Å². The molecule has 128 valence electrons. The fourth-order valence-electron chi connectivity index (χ4n) is 2.03. The number of hydrogen-bond acceptors (Lipinski definition) is 5. The highest BCUT2D eigenvalue weighted by molar-refractivity contribution is 9.11. The van der Waals surface area contributed by atoms with Crippen LogP contribution in [0.15, 0.2) is 45.6 Å². The predicted molar refractivity (Wildman–Crippen MR) is 95.9 cm³/mol. The Morgan fingerprint density at radius 1 is 1.21 bits per heavy atom. The normalized spacial score (nSPS) is 11.6. The van der Waals surface area contributed by atoms with Crippen LogP contribution in [0.2, 0.25) is 0 Å². The Bertz CT molecular complexity index is 674. The molecule has 5 nitrogen and oxygen atoms in total. The van der Waals surface area contributed by atoms with E-state index in [-0.39, 0.29) is 13.2 Å². The average molecular weight is 412 g/mol. The van der Waals surface area contributed by atoms with E-state index in [1.54, 1.807) is 6.92 Å². The molecule has 0 aliphatic rings. The molecule has 24 heavy (non-hydrogen) atoms. The Morgan fingerprint density at radius 3 is 2.58 bits per heavy atom. The third-order valence-corrected chi connectivity index (χ3v) is 4.69. The maximum Gasteiger partial charge on any atom is 0.408 e. The molecule has 0 fully saturated rings.